The lowest BCUT2D eigenvalue weighted by Gasteiger charge is -2.14. The Bertz CT molecular complexity index is 448. The van der Waals surface area contributed by atoms with Gasteiger partial charge in [0, 0.05) is 13.1 Å². The predicted molar refractivity (Wildman–Crippen MR) is 91.4 cm³/mol. The lowest BCUT2D eigenvalue weighted by molar-refractivity contribution is 0.0906. The minimum absolute atomic E-state index is 0.165. The Kier molecular flexibility index (Phi) is 8.37. The highest BCUT2D eigenvalue weighted by Gasteiger charge is 2.21. The van der Waals surface area contributed by atoms with Gasteiger partial charge in [-0.1, -0.05) is 53.4 Å². The van der Waals surface area contributed by atoms with Gasteiger partial charge in [0.25, 0.3) is 11.8 Å². The molecule has 0 bridgehead atoms. The summed E-state index contributed by atoms with van der Waals surface area (Å²) in [5, 5.41) is 5.75. The van der Waals surface area contributed by atoms with E-state index < -0.39 is 0 Å². The molecule has 3 N–H and O–H groups in total. The van der Waals surface area contributed by atoms with Crippen molar-refractivity contribution in [2.75, 3.05) is 13.1 Å². The van der Waals surface area contributed by atoms with Crippen LogP contribution in [0.3, 0.4) is 0 Å². The fourth-order valence-corrected chi connectivity index (χ4v) is 2.44. The molecule has 1 aromatic rings. The third kappa shape index (κ3) is 5.69. The van der Waals surface area contributed by atoms with Crippen molar-refractivity contribution in [1.82, 2.24) is 20.6 Å². The first-order valence-corrected chi connectivity index (χ1v) is 8.66. The van der Waals surface area contributed by atoms with Crippen molar-refractivity contribution in [3.63, 3.8) is 0 Å². The predicted octanol–water partition coefficient (Wildman–Crippen LogP) is 2.74. The SMILES string of the molecule is CCC(CC)CNC(=O)c1nc[nH]c1C(=O)NCC(CC)CC. The molecule has 0 radical (unpaired) electrons. The zero-order valence-corrected chi connectivity index (χ0v) is 14.7. The molecule has 0 unspecified atom stereocenters. The van der Waals surface area contributed by atoms with E-state index in [1.165, 1.54) is 6.33 Å². The molecule has 0 saturated carbocycles. The molecule has 0 aliphatic heterocycles. The standard InChI is InChI=1S/C17H30N4O2/c1-5-12(6-2)9-18-16(22)14-15(21-11-20-14)17(23)19-10-13(7-3)8-4/h11-13H,5-10H2,1-4H3,(H,18,22)(H,19,23)(H,20,21). The first kappa shape index (κ1) is 19.2. The van der Waals surface area contributed by atoms with Crippen molar-refractivity contribution >= 4 is 11.8 Å². The number of H-pyrrole nitrogens is 1. The van der Waals surface area contributed by atoms with E-state index in [0.29, 0.717) is 24.9 Å². The lowest BCUT2D eigenvalue weighted by atomic mass is 10.0. The Hall–Kier alpha value is -1.85. The van der Waals surface area contributed by atoms with Gasteiger partial charge in [-0.2, -0.15) is 0 Å². The van der Waals surface area contributed by atoms with Crippen LogP contribution in [0.25, 0.3) is 0 Å². The molecule has 6 nitrogen and oxygen atoms in total. The van der Waals surface area contributed by atoms with Gasteiger partial charge in [0.1, 0.15) is 5.69 Å². The second-order valence-corrected chi connectivity index (χ2v) is 5.91. The highest BCUT2D eigenvalue weighted by atomic mass is 16.2. The summed E-state index contributed by atoms with van der Waals surface area (Å²) >= 11 is 0. The molecule has 130 valence electrons. The quantitative estimate of drug-likeness (QED) is 0.619. The molecule has 1 aromatic heterocycles. The maximum atomic E-state index is 12.3. The number of aromatic amines is 1. The van der Waals surface area contributed by atoms with Crippen molar-refractivity contribution in [1.29, 1.82) is 0 Å². The number of carbonyl (C=O) groups is 2. The van der Waals surface area contributed by atoms with Crippen LogP contribution in [0.15, 0.2) is 6.33 Å². The molecule has 6 heteroatoms. The normalized spacial score (nSPS) is 11.0. The summed E-state index contributed by atoms with van der Waals surface area (Å²) in [6.07, 6.45) is 5.45. The summed E-state index contributed by atoms with van der Waals surface area (Å²) in [7, 11) is 0. The molecule has 1 rings (SSSR count). The van der Waals surface area contributed by atoms with Gasteiger partial charge < -0.3 is 15.6 Å². The van der Waals surface area contributed by atoms with Crippen molar-refractivity contribution in [2.24, 2.45) is 11.8 Å². The Morgan fingerprint density at radius 1 is 0.957 bits per heavy atom. The van der Waals surface area contributed by atoms with Crippen LogP contribution in [0.2, 0.25) is 0 Å². The van der Waals surface area contributed by atoms with E-state index in [1.807, 2.05) is 0 Å². The van der Waals surface area contributed by atoms with Crippen molar-refractivity contribution < 1.29 is 9.59 Å². The van der Waals surface area contributed by atoms with Crippen LogP contribution in [0.5, 0.6) is 0 Å². The molecule has 0 fully saturated rings. The van der Waals surface area contributed by atoms with E-state index in [2.05, 4.69) is 48.3 Å². The van der Waals surface area contributed by atoms with Crippen LogP contribution in [-0.2, 0) is 0 Å². The third-order valence-electron chi connectivity index (χ3n) is 4.49. The number of imidazole rings is 1. The summed E-state index contributed by atoms with van der Waals surface area (Å²) < 4.78 is 0. The number of rotatable bonds is 10. The van der Waals surface area contributed by atoms with Crippen LogP contribution in [0.1, 0.15) is 74.4 Å². The Labute approximate surface area is 138 Å². The van der Waals surface area contributed by atoms with E-state index in [1.54, 1.807) is 0 Å². The number of aromatic nitrogens is 2. The Morgan fingerprint density at radius 2 is 1.43 bits per heavy atom. The molecule has 0 aliphatic carbocycles. The zero-order valence-electron chi connectivity index (χ0n) is 14.7. The zero-order chi connectivity index (χ0) is 17.2. The monoisotopic (exact) mass is 322 g/mol. The third-order valence-corrected chi connectivity index (χ3v) is 4.49. The van der Waals surface area contributed by atoms with E-state index in [0.717, 1.165) is 25.7 Å². The second kappa shape index (κ2) is 10.0. The maximum absolute atomic E-state index is 12.3. The summed E-state index contributed by atoms with van der Waals surface area (Å²) in [5.41, 5.74) is 0.399. The summed E-state index contributed by atoms with van der Waals surface area (Å²) in [4.78, 5) is 31.3. The number of hydrogen-bond donors (Lipinski definition) is 3. The minimum Gasteiger partial charge on any atom is -0.350 e. The fourth-order valence-electron chi connectivity index (χ4n) is 2.44. The largest absolute Gasteiger partial charge is 0.350 e. The van der Waals surface area contributed by atoms with Crippen LogP contribution >= 0.6 is 0 Å². The van der Waals surface area contributed by atoms with Gasteiger partial charge in [0.2, 0.25) is 0 Å². The van der Waals surface area contributed by atoms with Crippen LogP contribution in [0.4, 0.5) is 0 Å². The van der Waals surface area contributed by atoms with Crippen LogP contribution in [-0.4, -0.2) is 34.9 Å². The number of amides is 2. The molecule has 0 saturated heterocycles. The van der Waals surface area contributed by atoms with Gasteiger partial charge in [0.15, 0.2) is 5.69 Å². The topological polar surface area (TPSA) is 86.9 Å². The van der Waals surface area contributed by atoms with Crippen molar-refractivity contribution in [3.05, 3.63) is 17.7 Å². The van der Waals surface area contributed by atoms with Crippen LogP contribution < -0.4 is 10.6 Å². The molecule has 0 atom stereocenters. The van der Waals surface area contributed by atoms with Crippen molar-refractivity contribution in [3.8, 4) is 0 Å². The lowest BCUT2D eigenvalue weighted by Crippen LogP contribution is -2.33. The first-order valence-electron chi connectivity index (χ1n) is 8.66. The molecule has 0 aliphatic rings. The smallest absolute Gasteiger partial charge is 0.272 e. The molecular formula is C17H30N4O2. The Balaban J connectivity index is 2.64. The number of carbonyl (C=O) groups excluding carboxylic acids is 2. The maximum Gasteiger partial charge on any atom is 0.272 e. The van der Waals surface area contributed by atoms with Gasteiger partial charge in [-0.3, -0.25) is 9.59 Å². The van der Waals surface area contributed by atoms with Gasteiger partial charge in [-0.05, 0) is 11.8 Å². The molecular weight excluding hydrogens is 292 g/mol. The number of nitrogens with zero attached hydrogens (tertiary/aromatic N) is 1. The average Bonchev–Trinajstić information content (AvgIpc) is 3.06. The van der Waals surface area contributed by atoms with Gasteiger partial charge >= 0.3 is 0 Å². The van der Waals surface area contributed by atoms with E-state index >= 15 is 0 Å². The molecule has 0 aromatic carbocycles. The molecule has 1 heterocycles. The van der Waals surface area contributed by atoms with E-state index in [-0.39, 0.29) is 23.2 Å². The fraction of sp³-hybridized carbons (Fsp3) is 0.706. The highest BCUT2D eigenvalue weighted by Crippen LogP contribution is 2.09. The first-order chi connectivity index (χ1) is 11.1. The average molecular weight is 322 g/mol. The van der Waals surface area contributed by atoms with Gasteiger partial charge in [-0.25, -0.2) is 4.98 Å². The van der Waals surface area contributed by atoms with E-state index in [4.69, 9.17) is 0 Å². The molecule has 2 amide bonds. The highest BCUT2D eigenvalue weighted by molar-refractivity contribution is 6.04. The number of nitrogens with one attached hydrogen (secondary N) is 3. The summed E-state index contributed by atoms with van der Waals surface area (Å²) in [6, 6.07) is 0. The summed E-state index contributed by atoms with van der Waals surface area (Å²) in [6.45, 7) is 9.63. The van der Waals surface area contributed by atoms with Gasteiger partial charge in [-0.15, -0.1) is 0 Å². The molecule has 0 spiro atoms. The Morgan fingerprint density at radius 3 is 1.91 bits per heavy atom. The summed E-state index contributed by atoms with van der Waals surface area (Å²) in [5.74, 6) is 0.326. The van der Waals surface area contributed by atoms with Crippen LogP contribution in [0, 0.1) is 11.8 Å². The van der Waals surface area contributed by atoms with E-state index in [9.17, 15) is 9.59 Å². The second-order valence-electron chi connectivity index (χ2n) is 5.91. The molecule has 23 heavy (non-hydrogen) atoms. The number of hydrogen-bond acceptors (Lipinski definition) is 3. The minimum atomic E-state index is -0.300. The van der Waals surface area contributed by atoms with Crippen molar-refractivity contribution in [2.45, 2.75) is 53.4 Å². The van der Waals surface area contributed by atoms with Gasteiger partial charge in [0.05, 0.1) is 6.33 Å².